The van der Waals surface area contributed by atoms with Crippen LogP contribution in [0.1, 0.15) is 58.4 Å². The van der Waals surface area contributed by atoms with Gasteiger partial charge in [0.2, 0.25) is 0 Å². The van der Waals surface area contributed by atoms with Crippen LogP contribution in [0.4, 0.5) is 0 Å². The molecule has 0 aliphatic heterocycles. The predicted molar refractivity (Wildman–Crippen MR) is 92.6 cm³/mol. The Labute approximate surface area is 144 Å². The van der Waals surface area contributed by atoms with Crippen LogP contribution in [0, 0.1) is 5.41 Å². The summed E-state index contributed by atoms with van der Waals surface area (Å²) in [4.78, 5) is 25.2. The summed E-state index contributed by atoms with van der Waals surface area (Å²) in [5, 5.41) is 0. The summed E-state index contributed by atoms with van der Waals surface area (Å²) in [5.41, 5.74) is -0.246. The van der Waals surface area contributed by atoms with Gasteiger partial charge in [0.1, 0.15) is 0 Å². The van der Waals surface area contributed by atoms with Gasteiger partial charge in [-0.15, -0.1) is 0 Å². The van der Waals surface area contributed by atoms with Crippen molar-refractivity contribution in [3.8, 4) is 0 Å². The Morgan fingerprint density at radius 3 is 1.96 bits per heavy atom. The fourth-order valence-corrected chi connectivity index (χ4v) is 3.90. The molecule has 1 aromatic carbocycles. The van der Waals surface area contributed by atoms with Crippen molar-refractivity contribution in [1.29, 1.82) is 0 Å². The monoisotopic (exact) mass is 332 g/mol. The zero-order valence-corrected chi connectivity index (χ0v) is 15.0. The normalized spacial score (nSPS) is 16.6. The summed E-state index contributed by atoms with van der Waals surface area (Å²) in [6.07, 6.45) is 4.60. The maximum absolute atomic E-state index is 12.6. The molecule has 24 heavy (non-hydrogen) atoms. The van der Waals surface area contributed by atoms with Crippen molar-refractivity contribution in [3.05, 3.63) is 35.9 Å². The molecule has 1 aromatic rings. The summed E-state index contributed by atoms with van der Waals surface area (Å²) in [6, 6.07) is 10.2. The maximum atomic E-state index is 12.6. The Morgan fingerprint density at radius 2 is 1.50 bits per heavy atom. The number of esters is 2. The molecule has 0 saturated heterocycles. The molecule has 1 aliphatic rings. The number of hydrogen-bond acceptors (Lipinski definition) is 4. The molecule has 4 heteroatoms. The summed E-state index contributed by atoms with van der Waals surface area (Å²) in [6.45, 7) is 5.70. The van der Waals surface area contributed by atoms with E-state index in [1.807, 2.05) is 18.2 Å². The van der Waals surface area contributed by atoms with Gasteiger partial charge in [-0.3, -0.25) is 9.59 Å². The number of hydrogen-bond donors (Lipinski definition) is 0. The highest BCUT2D eigenvalue weighted by Gasteiger charge is 2.51. The standard InChI is InChI=1S/C20H28O4/c1-4-23-17(21)19(3,18(22)24-5-2)15-20(13-9-10-14-20)16-11-7-6-8-12-16/h6-8,11-12H,4-5,9-10,13-15H2,1-3H3. The van der Waals surface area contributed by atoms with Gasteiger partial charge < -0.3 is 9.47 Å². The number of carbonyl (C=O) groups excluding carboxylic acids is 2. The Balaban J connectivity index is 2.38. The summed E-state index contributed by atoms with van der Waals surface area (Å²) in [7, 11) is 0. The SMILES string of the molecule is CCOC(=O)C(C)(CC1(c2ccccc2)CCCC1)C(=O)OCC. The zero-order valence-electron chi connectivity index (χ0n) is 15.0. The van der Waals surface area contributed by atoms with Crippen LogP contribution in [0.5, 0.6) is 0 Å². The minimum absolute atomic E-state index is 0.171. The first-order valence-electron chi connectivity index (χ1n) is 8.88. The summed E-state index contributed by atoms with van der Waals surface area (Å²) >= 11 is 0. The van der Waals surface area contributed by atoms with Crippen LogP contribution in [-0.4, -0.2) is 25.2 Å². The van der Waals surface area contributed by atoms with Crippen molar-refractivity contribution >= 4 is 11.9 Å². The van der Waals surface area contributed by atoms with Crippen LogP contribution in [0.15, 0.2) is 30.3 Å². The fourth-order valence-electron chi connectivity index (χ4n) is 3.90. The molecule has 0 unspecified atom stereocenters. The van der Waals surface area contributed by atoms with Crippen molar-refractivity contribution in [3.63, 3.8) is 0 Å². The van der Waals surface area contributed by atoms with Gasteiger partial charge in [0.25, 0.3) is 0 Å². The average Bonchev–Trinajstić information content (AvgIpc) is 3.05. The lowest BCUT2D eigenvalue weighted by Crippen LogP contribution is -2.44. The minimum atomic E-state index is -1.27. The van der Waals surface area contributed by atoms with Crippen LogP contribution in [0.25, 0.3) is 0 Å². The number of benzene rings is 1. The third kappa shape index (κ3) is 3.63. The zero-order chi connectivity index (χ0) is 17.6. The highest BCUT2D eigenvalue weighted by molar-refractivity contribution is 5.99. The Kier molecular flexibility index (Phi) is 6.03. The molecule has 0 spiro atoms. The van der Waals surface area contributed by atoms with Crippen LogP contribution < -0.4 is 0 Å². The van der Waals surface area contributed by atoms with E-state index in [4.69, 9.17) is 9.47 Å². The van der Waals surface area contributed by atoms with E-state index in [-0.39, 0.29) is 18.6 Å². The molecular weight excluding hydrogens is 304 g/mol. The minimum Gasteiger partial charge on any atom is -0.465 e. The van der Waals surface area contributed by atoms with E-state index in [2.05, 4.69) is 12.1 Å². The van der Waals surface area contributed by atoms with E-state index in [0.29, 0.717) is 6.42 Å². The molecule has 1 fully saturated rings. The van der Waals surface area contributed by atoms with Gasteiger partial charge in [-0.1, -0.05) is 43.2 Å². The lowest BCUT2D eigenvalue weighted by atomic mass is 9.67. The van der Waals surface area contributed by atoms with Gasteiger partial charge in [0.15, 0.2) is 5.41 Å². The van der Waals surface area contributed by atoms with Gasteiger partial charge in [-0.2, -0.15) is 0 Å². The van der Waals surface area contributed by atoms with E-state index < -0.39 is 17.4 Å². The summed E-state index contributed by atoms with van der Waals surface area (Å²) < 4.78 is 10.5. The molecular formula is C20H28O4. The number of ether oxygens (including phenoxy) is 2. The molecule has 1 saturated carbocycles. The van der Waals surface area contributed by atoms with E-state index in [1.165, 1.54) is 5.56 Å². The lowest BCUT2D eigenvalue weighted by molar-refractivity contribution is -0.172. The summed E-state index contributed by atoms with van der Waals surface area (Å²) in [5.74, 6) is -0.962. The quantitative estimate of drug-likeness (QED) is 0.559. The first-order chi connectivity index (χ1) is 11.5. The fraction of sp³-hybridized carbons (Fsp3) is 0.600. The van der Waals surface area contributed by atoms with Crippen LogP contribution in [-0.2, 0) is 24.5 Å². The molecule has 0 heterocycles. The molecule has 0 amide bonds. The predicted octanol–water partition coefficient (Wildman–Crippen LogP) is 4.02. The van der Waals surface area contributed by atoms with Gasteiger partial charge in [0, 0.05) is 0 Å². The average molecular weight is 332 g/mol. The van der Waals surface area contributed by atoms with Gasteiger partial charge in [0.05, 0.1) is 13.2 Å². The molecule has 2 rings (SSSR count). The third-order valence-electron chi connectivity index (χ3n) is 5.09. The Hall–Kier alpha value is -1.84. The molecule has 0 atom stereocenters. The second-order valence-corrected chi connectivity index (χ2v) is 6.80. The second-order valence-electron chi connectivity index (χ2n) is 6.80. The van der Waals surface area contributed by atoms with Crippen molar-refractivity contribution in [1.82, 2.24) is 0 Å². The first kappa shape index (κ1) is 18.5. The van der Waals surface area contributed by atoms with Crippen molar-refractivity contribution in [2.24, 2.45) is 5.41 Å². The molecule has 0 radical (unpaired) electrons. The van der Waals surface area contributed by atoms with Crippen molar-refractivity contribution < 1.29 is 19.1 Å². The molecule has 132 valence electrons. The van der Waals surface area contributed by atoms with Crippen LogP contribution in [0.3, 0.4) is 0 Å². The largest absolute Gasteiger partial charge is 0.465 e. The Morgan fingerprint density at radius 1 is 1.00 bits per heavy atom. The highest BCUT2D eigenvalue weighted by atomic mass is 16.6. The van der Waals surface area contributed by atoms with E-state index in [1.54, 1.807) is 20.8 Å². The molecule has 0 bridgehead atoms. The van der Waals surface area contributed by atoms with Crippen molar-refractivity contribution in [2.75, 3.05) is 13.2 Å². The van der Waals surface area contributed by atoms with Crippen molar-refractivity contribution in [2.45, 2.75) is 58.3 Å². The Bertz CT molecular complexity index is 540. The van der Waals surface area contributed by atoms with Gasteiger partial charge in [-0.25, -0.2) is 0 Å². The smallest absolute Gasteiger partial charge is 0.323 e. The highest BCUT2D eigenvalue weighted by Crippen LogP contribution is 2.49. The topological polar surface area (TPSA) is 52.6 Å². The maximum Gasteiger partial charge on any atom is 0.323 e. The number of carbonyl (C=O) groups is 2. The van der Waals surface area contributed by atoms with Crippen LogP contribution in [0.2, 0.25) is 0 Å². The molecule has 1 aliphatic carbocycles. The van der Waals surface area contributed by atoms with Gasteiger partial charge in [-0.05, 0) is 51.0 Å². The van der Waals surface area contributed by atoms with E-state index in [0.717, 1.165) is 25.7 Å². The van der Waals surface area contributed by atoms with E-state index in [9.17, 15) is 9.59 Å². The van der Waals surface area contributed by atoms with Crippen LogP contribution >= 0.6 is 0 Å². The first-order valence-corrected chi connectivity index (χ1v) is 8.88. The molecule has 0 N–H and O–H groups in total. The lowest BCUT2D eigenvalue weighted by Gasteiger charge is -2.37. The third-order valence-corrected chi connectivity index (χ3v) is 5.09. The number of rotatable bonds is 7. The second kappa shape index (κ2) is 7.82. The molecule has 0 aromatic heterocycles. The van der Waals surface area contributed by atoms with Gasteiger partial charge >= 0.3 is 11.9 Å². The molecule has 4 nitrogen and oxygen atoms in total. The van der Waals surface area contributed by atoms with E-state index >= 15 is 0 Å².